The van der Waals surface area contributed by atoms with Crippen molar-refractivity contribution in [3.63, 3.8) is 0 Å². The lowest BCUT2D eigenvalue weighted by Crippen LogP contribution is -2.27. The summed E-state index contributed by atoms with van der Waals surface area (Å²) in [6, 6.07) is 13.2. The third-order valence-electron chi connectivity index (χ3n) is 6.50. The number of anilines is 1. The molecule has 0 radical (unpaired) electrons. The predicted molar refractivity (Wildman–Crippen MR) is 154 cm³/mol. The van der Waals surface area contributed by atoms with Gasteiger partial charge in [0.15, 0.2) is 23.0 Å². The minimum absolute atomic E-state index is 0.0305. The molecule has 11 heteroatoms. The number of nitrogens with zero attached hydrogens (tertiary/aromatic N) is 1. The van der Waals surface area contributed by atoms with E-state index in [1.807, 2.05) is 0 Å². The van der Waals surface area contributed by atoms with E-state index in [9.17, 15) is 9.59 Å². The van der Waals surface area contributed by atoms with E-state index in [0.717, 1.165) is 0 Å². The summed E-state index contributed by atoms with van der Waals surface area (Å²) in [5.41, 5.74) is 7.15. The van der Waals surface area contributed by atoms with Crippen LogP contribution in [0.1, 0.15) is 10.5 Å². The number of nitrogens with two attached hydrogens (primary N) is 1. The third kappa shape index (κ3) is 5.44. The second-order valence-corrected chi connectivity index (χ2v) is 8.75. The van der Waals surface area contributed by atoms with Crippen molar-refractivity contribution >= 4 is 22.4 Å². The number of carbonyl (C=O) groups excluding carboxylic acids is 1. The minimum atomic E-state index is -0.748. The van der Waals surface area contributed by atoms with Gasteiger partial charge in [0.2, 0.25) is 5.75 Å². The number of carbonyl (C=O) groups is 1. The molecule has 0 saturated carbocycles. The fraction of sp³-hybridized carbons (Fsp3) is 0.267. The summed E-state index contributed by atoms with van der Waals surface area (Å²) in [7, 11) is 8.76. The number of aromatic nitrogens is 1. The number of fused-ring (bicyclic) bond motifs is 1. The Hall–Kier alpha value is -4.90. The van der Waals surface area contributed by atoms with Gasteiger partial charge < -0.3 is 38.9 Å². The molecule has 0 amide bonds. The largest absolute Gasteiger partial charge is 0.493 e. The SMILES string of the molecule is COCCOc1cc2c(-c3cc(OC)c(OC)c(OC)c3)c(C(=O)OC)n(-c3ccc(N)cc3)c(=O)c2cc1OC. The highest BCUT2D eigenvalue weighted by atomic mass is 16.5. The normalized spacial score (nSPS) is 10.8. The van der Waals surface area contributed by atoms with Crippen LogP contribution in [0.2, 0.25) is 0 Å². The number of nitrogen functional groups attached to an aromatic ring is 1. The zero-order chi connectivity index (χ0) is 29.7. The van der Waals surface area contributed by atoms with E-state index in [-0.39, 0.29) is 17.7 Å². The number of esters is 1. The van der Waals surface area contributed by atoms with Crippen LogP contribution in [-0.2, 0) is 9.47 Å². The summed E-state index contributed by atoms with van der Waals surface area (Å²) in [5, 5.41) is 0.666. The van der Waals surface area contributed by atoms with Gasteiger partial charge in [-0.2, -0.15) is 0 Å². The summed E-state index contributed by atoms with van der Waals surface area (Å²) >= 11 is 0. The van der Waals surface area contributed by atoms with Crippen LogP contribution in [0.25, 0.3) is 27.6 Å². The Morgan fingerprint density at radius 3 is 1.90 bits per heavy atom. The van der Waals surface area contributed by atoms with E-state index < -0.39 is 11.5 Å². The smallest absolute Gasteiger partial charge is 0.355 e. The van der Waals surface area contributed by atoms with Crippen molar-refractivity contribution in [3.8, 4) is 45.6 Å². The quantitative estimate of drug-likeness (QED) is 0.162. The summed E-state index contributed by atoms with van der Waals surface area (Å²) < 4.78 is 39.8. The molecule has 2 N–H and O–H groups in total. The summed E-state index contributed by atoms with van der Waals surface area (Å²) in [6.07, 6.45) is 0. The van der Waals surface area contributed by atoms with Crippen LogP contribution in [0.4, 0.5) is 5.69 Å². The number of hydrogen-bond acceptors (Lipinski definition) is 10. The van der Waals surface area contributed by atoms with Gasteiger partial charge in [0, 0.05) is 29.4 Å². The molecular formula is C30H32N2O9. The summed E-state index contributed by atoms with van der Waals surface area (Å²) in [4.78, 5) is 27.7. The highest BCUT2D eigenvalue weighted by Crippen LogP contribution is 2.45. The van der Waals surface area contributed by atoms with Gasteiger partial charge in [-0.3, -0.25) is 9.36 Å². The fourth-order valence-corrected chi connectivity index (χ4v) is 4.59. The van der Waals surface area contributed by atoms with Crippen molar-refractivity contribution in [2.75, 3.05) is 61.6 Å². The van der Waals surface area contributed by atoms with Crippen molar-refractivity contribution in [3.05, 3.63) is 64.6 Å². The molecule has 0 aliphatic heterocycles. The predicted octanol–water partition coefficient (Wildman–Crippen LogP) is 4.09. The second kappa shape index (κ2) is 12.5. The van der Waals surface area contributed by atoms with E-state index in [1.54, 1.807) is 55.6 Å². The molecule has 216 valence electrons. The van der Waals surface area contributed by atoms with Crippen molar-refractivity contribution in [1.82, 2.24) is 4.57 Å². The molecule has 1 heterocycles. The molecule has 1 aromatic heterocycles. The van der Waals surface area contributed by atoms with Gasteiger partial charge in [0.1, 0.15) is 12.3 Å². The molecule has 41 heavy (non-hydrogen) atoms. The molecule has 0 atom stereocenters. The zero-order valence-corrected chi connectivity index (χ0v) is 23.7. The lowest BCUT2D eigenvalue weighted by atomic mass is 9.95. The Morgan fingerprint density at radius 2 is 1.37 bits per heavy atom. The number of pyridine rings is 1. The lowest BCUT2D eigenvalue weighted by molar-refractivity contribution is 0.0591. The first kappa shape index (κ1) is 29.1. The van der Waals surface area contributed by atoms with Crippen molar-refractivity contribution in [2.45, 2.75) is 0 Å². The first-order valence-electron chi connectivity index (χ1n) is 12.5. The van der Waals surface area contributed by atoms with Gasteiger partial charge in [0.25, 0.3) is 5.56 Å². The first-order valence-corrected chi connectivity index (χ1v) is 12.5. The van der Waals surface area contributed by atoms with Crippen LogP contribution in [0.5, 0.6) is 28.7 Å². The molecule has 3 aromatic carbocycles. The zero-order valence-electron chi connectivity index (χ0n) is 23.7. The highest BCUT2D eigenvalue weighted by Gasteiger charge is 2.28. The Balaban J connectivity index is 2.24. The molecule has 4 aromatic rings. The Bertz CT molecular complexity index is 1600. The lowest BCUT2D eigenvalue weighted by Gasteiger charge is -2.21. The second-order valence-electron chi connectivity index (χ2n) is 8.75. The first-order chi connectivity index (χ1) is 19.8. The van der Waals surface area contributed by atoms with Gasteiger partial charge in [-0.15, -0.1) is 0 Å². The van der Waals surface area contributed by atoms with Crippen molar-refractivity contribution < 1.29 is 38.0 Å². The maximum atomic E-state index is 14.2. The van der Waals surface area contributed by atoms with Crippen LogP contribution < -0.4 is 35.0 Å². The van der Waals surface area contributed by atoms with Crippen LogP contribution >= 0.6 is 0 Å². The Kier molecular flexibility index (Phi) is 8.88. The summed E-state index contributed by atoms with van der Waals surface area (Å²) in [6.45, 7) is 0.553. The number of hydrogen-bond donors (Lipinski definition) is 1. The fourth-order valence-electron chi connectivity index (χ4n) is 4.59. The molecule has 0 unspecified atom stereocenters. The molecule has 11 nitrogen and oxygen atoms in total. The van der Waals surface area contributed by atoms with Crippen molar-refractivity contribution in [1.29, 1.82) is 0 Å². The van der Waals surface area contributed by atoms with Gasteiger partial charge in [0.05, 0.1) is 47.5 Å². The summed E-state index contributed by atoms with van der Waals surface area (Å²) in [5.74, 6) is 0.992. The van der Waals surface area contributed by atoms with Gasteiger partial charge in [-0.25, -0.2) is 4.79 Å². The highest BCUT2D eigenvalue weighted by molar-refractivity contribution is 6.08. The molecule has 0 saturated heterocycles. The average molecular weight is 565 g/mol. The molecule has 4 rings (SSSR count). The molecular weight excluding hydrogens is 532 g/mol. The van der Waals surface area contributed by atoms with E-state index >= 15 is 0 Å². The number of methoxy groups -OCH3 is 6. The molecule has 0 bridgehead atoms. The van der Waals surface area contributed by atoms with Crippen molar-refractivity contribution in [2.24, 2.45) is 0 Å². The van der Waals surface area contributed by atoms with Gasteiger partial charge >= 0.3 is 5.97 Å². The molecule has 0 spiro atoms. The number of benzene rings is 3. The topological polar surface area (TPSA) is 130 Å². The maximum absolute atomic E-state index is 14.2. The van der Waals surface area contributed by atoms with Crippen LogP contribution in [0.3, 0.4) is 0 Å². The molecule has 0 fully saturated rings. The van der Waals surface area contributed by atoms with Gasteiger partial charge in [-0.05, 0) is 54.1 Å². The molecule has 0 aliphatic rings. The molecule has 0 aliphatic carbocycles. The van der Waals surface area contributed by atoms with E-state index in [4.69, 9.17) is 38.9 Å². The van der Waals surface area contributed by atoms with Gasteiger partial charge in [-0.1, -0.05) is 0 Å². The van der Waals surface area contributed by atoms with E-state index in [2.05, 4.69) is 0 Å². The monoisotopic (exact) mass is 564 g/mol. The standard InChI is InChI=1S/C30H32N2O9/c1-35-11-12-41-23-15-20-21(16-22(23)36-2)29(33)32(19-9-7-18(31)8-10-19)27(30(34)40-6)26(20)17-13-24(37-3)28(39-5)25(14-17)38-4/h7-10,13-16H,11-12,31H2,1-6H3. The number of ether oxygens (including phenoxy) is 7. The average Bonchev–Trinajstić information content (AvgIpc) is 3.00. The maximum Gasteiger partial charge on any atom is 0.355 e. The van der Waals surface area contributed by atoms with Crippen LogP contribution in [0.15, 0.2) is 53.3 Å². The van der Waals surface area contributed by atoms with E-state index in [1.165, 1.54) is 40.1 Å². The van der Waals surface area contributed by atoms with Crippen LogP contribution in [-0.4, -0.2) is 66.4 Å². The number of rotatable bonds is 11. The Labute approximate surface area is 236 Å². The Morgan fingerprint density at radius 1 is 0.756 bits per heavy atom. The van der Waals surface area contributed by atoms with Crippen LogP contribution in [0, 0.1) is 0 Å². The van der Waals surface area contributed by atoms with E-state index in [0.29, 0.717) is 63.2 Å². The minimum Gasteiger partial charge on any atom is -0.493 e. The third-order valence-corrected chi connectivity index (χ3v) is 6.50.